The van der Waals surface area contributed by atoms with Crippen molar-refractivity contribution in [3.05, 3.63) is 0 Å². The summed E-state index contributed by atoms with van der Waals surface area (Å²) in [6.07, 6.45) is 14.6. The van der Waals surface area contributed by atoms with Crippen LogP contribution in [0.25, 0.3) is 0 Å². The number of ether oxygens (including phenoxy) is 4. The van der Waals surface area contributed by atoms with Gasteiger partial charge in [-0.05, 0) is 6.42 Å². The monoisotopic (exact) mass is 490 g/mol. The molecule has 0 aromatic heterocycles. The predicted molar refractivity (Wildman–Crippen MR) is 136 cm³/mol. The molecular weight excluding hydrogens is 436 g/mol. The number of aliphatic hydroxyl groups excluding tert-OH is 2. The van der Waals surface area contributed by atoms with Crippen LogP contribution < -0.4 is 11.5 Å². The minimum atomic E-state index is -1.15. The number of aliphatic hydroxyl groups is 2. The molecule has 1 aliphatic rings. The highest BCUT2D eigenvalue weighted by atomic mass is 16.7. The molecule has 0 aromatic carbocycles. The van der Waals surface area contributed by atoms with Gasteiger partial charge in [-0.2, -0.15) is 0 Å². The first-order chi connectivity index (χ1) is 16.5. The summed E-state index contributed by atoms with van der Waals surface area (Å²) >= 11 is 0. The first kappa shape index (κ1) is 31.7. The number of methoxy groups -OCH3 is 1. The number of rotatable bonds is 22. The van der Waals surface area contributed by atoms with Gasteiger partial charge in [0.05, 0.1) is 19.3 Å². The van der Waals surface area contributed by atoms with Crippen molar-refractivity contribution >= 4 is 0 Å². The largest absolute Gasteiger partial charge is 0.388 e. The minimum Gasteiger partial charge on any atom is -0.388 e. The Balaban J connectivity index is 1.97. The molecule has 0 aromatic rings. The third-order valence-electron chi connectivity index (χ3n) is 6.71. The summed E-state index contributed by atoms with van der Waals surface area (Å²) in [5.41, 5.74) is 11.5. The predicted octanol–water partition coefficient (Wildman–Crippen LogP) is 3.25. The molecule has 8 nitrogen and oxygen atoms in total. The molecule has 1 heterocycles. The lowest BCUT2D eigenvalue weighted by Crippen LogP contribution is -2.63. The number of unbranched alkanes of at least 4 members (excludes halogenated alkanes) is 13. The van der Waals surface area contributed by atoms with Gasteiger partial charge in [0.25, 0.3) is 0 Å². The van der Waals surface area contributed by atoms with Crippen molar-refractivity contribution in [1.29, 1.82) is 0 Å². The van der Waals surface area contributed by atoms with Crippen LogP contribution in [0.3, 0.4) is 0 Å². The standard InChI is InChI=1S/C26H54N2O6/c1-3-4-5-6-7-8-9-10-11-12-13-14-15-16-17-32-19-21(31-2)20-33-26-23(28)25(30)24(29)22(18-27)34-26/h21-26,29-30H,3-20,27-28H2,1-2H3/t21-,22?,23?,24-,25-,26+/m1/s1. The second-order valence-electron chi connectivity index (χ2n) is 9.70. The Morgan fingerprint density at radius 2 is 1.32 bits per heavy atom. The smallest absolute Gasteiger partial charge is 0.175 e. The van der Waals surface area contributed by atoms with Crippen molar-refractivity contribution in [3.8, 4) is 0 Å². The van der Waals surface area contributed by atoms with Crippen LogP contribution in [-0.2, 0) is 18.9 Å². The fourth-order valence-electron chi connectivity index (χ4n) is 4.30. The topological polar surface area (TPSA) is 129 Å². The molecule has 0 radical (unpaired) electrons. The van der Waals surface area contributed by atoms with E-state index >= 15 is 0 Å². The molecule has 1 aliphatic heterocycles. The molecule has 34 heavy (non-hydrogen) atoms. The Kier molecular flexibility index (Phi) is 19.4. The van der Waals surface area contributed by atoms with Gasteiger partial charge in [-0.1, -0.05) is 90.4 Å². The maximum atomic E-state index is 10.1. The molecule has 2 unspecified atom stereocenters. The lowest BCUT2D eigenvalue weighted by atomic mass is 9.97. The first-order valence-electron chi connectivity index (χ1n) is 13.7. The fraction of sp³-hybridized carbons (Fsp3) is 1.00. The summed E-state index contributed by atoms with van der Waals surface area (Å²) in [4.78, 5) is 0. The van der Waals surface area contributed by atoms with E-state index in [4.69, 9.17) is 30.4 Å². The van der Waals surface area contributed by atoms with Crippen LogP contribution in [0, 0.1) is 0 Å². The van der Waals surface area contributed by atoms with Crippen molar-refractivity contribution < 1.29 is 29.2 Å². The van der Waals surface area contributed by atoms with Gasteiger partial charge in [-0.25, -0.2) is 0 Å². The Morgan fingerprint density at radius 3 is 1.82 bits per heavy atom. The van der Waals surface area contributed by atoms with Crippen molar-refractivity contribution in [3.63, 3.8) is 0 Å². The van der Waals surface area contributed by atoms with Gasteiger partial charge in [-0.15, -0.1) is 0 Å². The summed E-state index contributed by atoms with van der Waals surface area (Å²) in [6.45, 7) is 3.68. The second kappa shape index (κ2) is 20.8. The molecule has 0 aliphatic carbocycles. The fourth-order valence-corrected chi connectivity index (χ4v) is 4.30. The van der Waals surface area contributed by atoms with Gasteiger partial charge < -0.3 is 40.6 Å². The van der Waals surface area contributed by atoms with Crippen LogP contribution in [0.1, 0.15) is 96.8 Å². The SMILES string of the molecule is CCCCCCCCCCCCCCCCOC[C@H](CO[C@H]1OC(CN)[C@@H](O)[C@H](O)C1N)OC. The molecule has 0 bridgehead atoms. The van der Waals surface area contributed by atoms with Crippen LogP contribution >= 0.6 is 0 Å². The normalized spacial score (nSPS) is 26.1. The maximum Gasteiger partial charge on any atom is 0.175 e. The summed E-state index contributed by atoms with van der Waals surface area (Å²) in [7, 11) is 1.60. The molecule has 8 heteroatoms. The van der Waals surface area contributed by atoms with Crippen molar-refractivity contribution in [2.45, 2.75) is 134 Å². The zero-order chi connectivity index (χ0) is 25.0. The molecule has 1 saturated heterocycles. The van der Waals surface area contributed by atoms with Gasteiger partial charge in [0.2, 0.25) is 0 Å². The van der Waals surface area contributed by atoms with E-state index in [1.807, 2.05) is 0 Å². The average molecular weight is 491 g/mol. The zero-order valence-electron chi connectivity index (χ0n) is 21.9. The number of nitrogens with two attached hydrogens (primary N) is 2. The molecule has 1 fully saturated rings. The van der Waals surface area contributed by atoms with Crippen LogP contribution in [-0.4, -0.2) is 80.4 Å². The van der Waals surface area contributed by atoms with E-state index in [0.29, 0.717) is 13.2 Å². The van der Waals surface area contributed by atoms with Crippen molar-refractivity contribution in [2.75, 3.05) is 33.5 Å². The third-order valence-corrected chi connectivity index (χ3v) is 6.71. The summed E-state index contributed by atoms with van der Waals surface area (Å²) in [5, 5.41) is 20.0. The molecule has 0 amide bonds. The minimum absolute atomic E-state index is 0.0703. The van der Waals surface area contributed by atoms with E-state index in [1.54, 1.807) is 7.11 Å². The molecule has 0 saturated carbocycles. The highest BCUT2D eigenvalue weighted by Gasteiger charge is 2.42. The molecule has 0 spiro atoms. The number of hydrogen-bond donors (Lipinski definition) is 4. The molecule has 1 rings (SSSR count). The lowest BCUT2D eigenvalue weighted by Gasteiger charge is -2.40. The lowest BCUT2D eigenvalue weighted by molar-refractivity contribution is -0.263. The van der Waals surface area contributed by atoms with Crippen molar-refractivity contribution in [1.82, 2.24) is 0 Å². The summed E-state index contributed by atoms with van der Waals surface area (Å²) in [6, 6.07) is -0.855. The number of hydrogen-bond acceptors (Lipinski definition) is 8. The van der Waals surface area contributed by atoms with Gasteiger partial charge >= 0.3 is 0 Å². The van der Waals surface area contributed by atoms with E-state index in [0.717, 1.165) is 6.42 Å². The van der Waals surface area contributed by atoms with Crippen LogP contribution in [0.5, 0.6) is 0 Å². The zero-order valence-corrected chi connectivity index (χ0v) is 21.9. The Labute approximate surface area is 208 Å². The van der Waals surface area contributed by atoms with Gasteiger partial charge in [-0.3, -0.25) is 0 Å². The highest BCUT2D eigenvalue weighted by Crippen LogP contribution is 2.20. The Bertz CT molecular complexity index is 457. The van der Waals surface area contributed by atoms with E-state index < -0.39 is 30.6 Å². The second-order valence-corrected chi connectivity index (χ2v) is 9.70. The van der Waals surface area contributed by atoms with Gasteiger partial charge in [0.15, 0.2) is 6.29 Å². The van der Waals surface area contributed by atoms with Crippen molar-refractivity contribution in [2.24, 2.45) is 11.5 Å². The van der Waals surface area contributed by atoms with Crippen LogP contribution in [0.15, 0.2) is 0 Å². The van der Waals surface area contributed by atoms with E-state index in [2.05, 4.69) is 6.92 Å². The van der Waals surface area contributed by atoms with E-state index in [1.165, 1.54) is 83.5 Å². The first-order valence-corrected chi connectivity index (χ1v) is 13.7. The van der Waals surface area contributed by atoms with Gasteiger partial charge in [0.1, 0.15) is 24.4 Å². The Morgan fingerprint density at radius 1 is 0.794 bits per heavy atom. The third kappa shape index (κ3) is 13.7. The molecule has 204 valence electrons. The summed E-state index contributed by atoms with van der Waals surface area (Å²) in [5.74, 6) is 0. The maximum absolute atomic E-state index is 10.1. The Hall–Kier alpha value is -0.320. The quantitative estimate of drug-likeness (QED) is 0.170. The van der Waals surface area contributed by atoms with Crippen LogP contribution in [0.4, 0.5) is 0 Å². The molecule has 6 N–H and O–H groups in total. The van der Waals surface area contributed by atoms with E-state index in [-0.39, 0.29) is 19.3 Å². The van der Waals surface area contributed by atoms with E-state index in [9.17, 15) is 10.2 Å². The average Bonchev–Trinajstić information content (AvgIpc) is 2.85. The molecular formula is C26H54N2O6. The highest BCUT2D eigenvalue weighted by molar-refractivity contribution is 4.92. The van der Waals surface area contributed by atoms with Crippen LogP contribution in [0.2, 0.25) is 0 Å². The summed E-state index contributed by atoms with van der Waals surface area (Å²) < 4.78 is 22.5. The molecule has 6 atom stereocenters. The van der Waals surface area contributed by atoms with Gasteiger partial charge in [0, 0.05) is 20.3 Å².